The number of nitro groups is 1. The molecule has 1 saturated carbocycles. The van der Waals surface area contributed by atoms with Crippen LogP contribution < -0.4 is 15.4 Å². The lowest BCUT2D eigenvalue weighted by Crippen LogP contribution is -2.34. The number of nitro benzene ring substituents is 1. The first-order valence-electron chi connectivity index (χ1n) is 9.53. The van der Waals surface area contributed by atoms with E-state index in [1.807, 2.05) is 43.3 Å². The first-order valence-corrected chi connectivity index (χ1v) is 9.53. The third kappa shape index (κ3) is 5.03. The summed E-state index contributed by atoms with van der Waals surface area (Å²) in [6.45, 7) is 0.335. The number of nitrogens with one attached hydrogen (secondary N) is 2. The number of benzene rings is 2. The molecule has 1 aliphatic rings. The Labute approximate surface area is 170 Å². The minimum atomic E-state index is -0.459. The van der Waals surface area contributed by atoms with Crippen LogP contribution in [-0.4, -0.2) is 49.5 Å². The largest absolute Gasteiger partial charge is 0.496 e. The average Bonchev–Trinajstić information content (AvgIpc) is 3.52. The van der Waals surface area contributed by atoms with Gasteiger partial charge in [0.05, 0.1) is 18.1 Å². The second-order valence-corrected chi connectivity index (χ2v) is 7.34. The van der Waals surface area contributed by atoms with Gasteiger partial charge in [0, 0.05) is 29.8 Å². The molecular weight excluding hydrogens is 372 g/mol. The van der Waals surface area contributed by atoms with Crippen molar-refractivity contribution in [1.82, 2.24) is 10.2 Å². The number of nitrogens with zero attached hydrogens (tertiary/aromatic N) is 2. The van der Waals surface area contributed by atoms with Crippen LogP contribution in [-0.2, 0) is 0 Å². The molecule has 1 amide bonds. The molecule has 0 spiro atoms. The maximum atomic E-state index is 12.7. The van der Waals surface area contributed by atoms with E-state index in [1.165, 1.54) is 6.07 Å². The SMILES string of the molecule is COc1ccccc1C(CNC(=O)c1ccc(NC2CC2)c([N+](=O)[O-])c1)N(C)C. The molecule has 2 aromatic rings. The summed E-state index contributed by atoms with van der Waals surface area (Å²) in [5, 5.41) is 17.4. The van der Waals surface area contributed by atoms with E-state index in [4.69, 9.17) is 4.74 Å². The summed E-state index contributed by atoms with van der Waals surface area (Å²) in [5.41, 5.74) is 1.58. The van der Waals surface area contributed by atoms with E-state index in [0.29, 0.717) is 12.2 Å². The second kappa shape index (κ2) is 8.91. The van der Waals surface area contributed by atoms with Crippen LogP contribution in [0.15, 0.2) is 42.5 Å². The van der Waals surface area contributed by atoms with Gasteiger partial charge in [-0.2, -0.15) is 0 Å². The Bertz CT molecular complexity index is 896. The number of methoxy groups -OCH3 is 1. The van der Waals surface area contributed by atoms with Crippen molar-refractivity contribution in [2.75, 3.05) is 33.1 Å². The molecule has 0 heterocycles. The summed E-state index contributed by atoms with van der Waals surface area (Å²) in [7, 11) is 5.46. The van der Waals surface area contributed by atoms with E-state index in [0.717, 1.165) is 24.2 Å². The molecule has 0 bridgehead atoms. The van der Waals surface area contributed by atoms with Crippen molar-refractivity contribution >= 4 is 17.3 Å². The maximum absolute atomic E-state index is 12.7. The molecule has 2 aromatic carbocycles. The molecule has 0 aliphatic heterocycles. The van der Waals surface area contributed by atoms with E-state index in [-0.39, 0.29) is 29.2 Å². The van der Waals surface area contributed by atoms with Crippen LogP contribution in [0.25, 0.3) is 0 Å². The third-order valence-electron chi connectivity index (χ3n) is 4.97. The Hall–Kier alpha value is -3.13. The van der Waals surface area contributed by atoms with E-state index in [1.54, 1.807) is 19.2 Å². The number of hydrogen-bond acceptors (Lipinski definition) is 6. The Morgan fingerprint density at radius 1 is 1.28 bits per heavy atom. The molecule has 0 aromatic heterocycles. The van der Waals surface area contributed by atoms with Gasteiger partial charge in [0.25, 0.3) is 11.6 Å². The number of amides is 1. The Morgan fingerprint density at radius 3 is 2.62 bits per heavy atom. The molecule has 3 rings (SSSR count). The lowest BCUT2D eigenvalue weighted by Gasteiger charge is -2.26. The quantitative estimate of drug-likeness (QED) is 0.497. The van der Waals surface area contributed by atoms with Crippen molar-refractivity contribution in [2.24, 2.45) is 0 Å². The lowest BCUT2D eigenvalue weighted by molar-refractivity contribution is -0.384. The molecule has 8 heteroatoms. The number of hydrogen-bond donors (Lipinski definition) is 2. The van der Waals surface area contributed by atoms with Crippen LogP contribution in [0, 0.1) is 10.1 Å². The maximum Gasteiger partial charge on any atom is 0.293 e. The van der Waals surface area contributed by atoms with Gasteiger partial charge in [-0.25, -0.2) is 0 Å². The van der Waals surface area contributed by atoms with Gasteiger partial charge in [-0.05, 0) is 45.1 Å². The smallest absolute Gasteiger partial charge is 0.293 e. The van der Waals surface area contributed by atoms with Gasteiger partial charge < -0.3 is 20.3 Å². The first-order chi connectivity index (χ1) is 13.9. The van der Waals surface area contributed by atoms with Gasteiger partial charge in [-0.15, -0.1) is 0 Å². The normalized spacial score (nSPS) is 14.3. The standard InChI is InChI=1S/C21H26N4O4/c1-24(2)19(16-6-4-5-7-20(16)29-3)13-22-21(26)14-8-11-17(23-15-9-10-15)18(12-14)25(27)28/h4-8,11-12,15,19,23H,9-10,13H2,1-3H3,(H,22,26). The predicted molar refractivity (Wildman–Crippen MR) is 111 cm³/mol. The minimum Gasteiger partial charge on any atom is -0.496 e. The number of rotatable bonds is 9. The Balaban J connectivity index is 1.74. The van der Waals surface area contributed by atoms with Crippen LogP contribution in [0.2, 0.25) is 0 Å². The fourth-order valence-electron chi connectivity index (χ4n) is 3.20. The molecule has 1 aliphatic carbocycles. The highest BCUT2D eigenvalue weighted by Crippen LogP contribution is 2.32. The molecule has 1 atom stereocenters. The molecule has 1 fully saturated rings. The van der Waals surface area contributed by atoms with Crippen molar-refractivity contribution in [2.45, 2.75) is 24.9 Å². The summed E-state index contributed by atoms with van der Waals surface area (Å²) in [5.74, 6) is 0.388. The van der Waals surface area contributed by atoms with Crippen LogP contribution >= 0.6 is 0 Å². The topological polar surface area (TPSA) is 96.7 Å². The van der Waals surface area contributed by atoms with Gasteiger partial charge in [0.15, 0.2) is 0 Å². The van der Waals surface area contributed by atoms with E-state index in [9.17, 15) is 14.9 Å². The van der Waals surface area contributed by atoms with E-state index < -0.39 is 4.92 Å². The van der Waals surface area contributed by atoms with Crippen LogP contribution in [0.5, 0.6) is 5.75 Å². The minimum absolute atomic E-state index is 0.0848. The third-order valence-corrected chi connectivity index (χ3v) is 4.97. The molecule has 0 saturated heterocycles. The number of likely N-dealkylation sites (N-methyl/N-ethyl adjacent to an activating group) is 1. The van der Waals surface area contributed by atoms with Gasteiger partial charge in [0.1, 0.15) is 11.4 Å². The van der Waals surface area contributed by atoms with Crippen molar-refractivity contribution < 1.29 is 14.5 Å². The molecule has 2 N–H and O–H groups in total. The highest BCUT2D eigenvalue weighted by molar-refractivity contribution is 5.95. The second-order valence-electron chi connectivity index (χ2n) is 7.34. The predicted octanol–water partition coefficient (Wildman–Crippen LogP) is 3.21. The van der Waals surface area contributed by atoms with Gasteiger partial charge in [-0.3, -0.25) is 14.9 Å². The molecular formula is C21H26N4O4. The van der Waals surface area contributed by atoms with Gasteiger partial charge >= 0.3 is 0 Å². The molecule has 29 heavy (non-hydrogen) atoms. The number of anilines is 1. The summed E-state index contributed by atoms with van der Waals surface area (Å²) in [6.07, 6.45) is 2.02. The first kappa shape index (κ1) is 20.6. The number of ether oxygens (including phenoxy) is 1. The van der Waals surface area contributed by atoms with Crippen molar-refractivity contribution in [1.29, 1.82) is 0 Å². The zero-order valence-electron chi connectivity index (χ0n) is 16.8. The monoisotopic (exact) mass is 398 g/mol. The van der Waals surface area contributed by atoms with Crippen LogP contribution in [0.1, 0.15) is 34.8 Å². The zero-order valence-corrected chi connectivity index (χ0v) is 16.8. The number of carbonyl (C=O) groups is 1. The van der Waals surface area contributed by atoms with E-state index >= 15 is 0 Å². The van der Waals surface area contributed by atoms with Crippen molar-refractivity contribution in [3.05, 3.63) is 63.7 Å². The summed E-state index contributed by atoms with van der Waals surface area (Å²) < 4.78 is 5.44. The Morgan fingerprint density at radius 2 is 2.00 bits per heavy atom. The van der Waals surface area contributed by atoms with Crippen LogP contribution in [0.4, 0.5) is 11.4 Å². The van der Waals surface area contributed by atoms with Gasteiger partial charge in [-0.1, -0.05) is 18.2 Å². The van der Waals surface area contributed by atoms with Crippen molar-refractivity contribution in [3.8, 4) is 5.75 Å². The van der Waals surface area contributed by atoms with E-state index in [2.05, 4.69) is 10.6 Å². The summed E-state index contributed by atoms with van der Waals surface area (Å²) >= 11 is 0. The lowest BCUT2D eigenvalue weighted by atomic mass is 10.0. The number of para-hydroxylation sites is 1. The summed E-state index contributed by atoms with van der Waals surface area (Å²) in [4.78, 5) is 25.6. The van der Waals surface area contributed by atoms with Crippen molar-refractivity contribution in [3.63, 3.8) is 0 Å². The van der Waals surface area contributed by atoms with Gasteiger partial charge in [0.2, 0.25) is 0 Å². The summed E-state index contributed by atoms with van der Waals surface area (Å²) in [6, 6.07) is 12.4. The molecule has 0 radical (unpaired) electrons. The highest BCUT2D eigenvalue weighted by Gasteiger charge is 2.26. The molecule has 8 nitrogen and oxygen atoms in total. The molecule has 154 valence electrons. The Kier molecular flexibility index (Phi) is 6.33. The average molecular weight is 398 g/mol. The fraction of sp³-hybridized carbons (Fsp3) is 0.381. The fourth-order valence-corrected chi connectivity index (χ4v) is 3.20. The van der Waals surface area contributed by atoms with Crippen LogP contribution in [0.3, 0.4) is 0 Å². The number of carbonyl (C=O) groups excluding carboxylic acids is 1. The zero-order chi connectivity index (χ0) is 21.0. The highest BCUT2D eigenvalue weighted by atomic mass is 16.6. The molecule has 1 unspecified atom stereocenters.